The Labute approximate surface area is 133 Å². The molecule has 1 saturated carbocycles. The Bertz CT molecular complexity index is 587. The van der Waals surface area contributed by atoms with Crippen molar-refractivity contribution in [3.05, 3.63) is 34.6 Å². The van der Waals surface area contributed by atoms with E-state index in [0.717, 1.165) is 0 Å². The predicted octanol–water partition coefficient (Wildman–Crippen LogP) is 2.48. The summed E-state index contributed by atoms with van der Waals surface area (Å²) in [5, 5.41) is 10.4. The van der Waals surface area contributed by atoms with Crippen LogP contribution in [0.25, 0.3) is 0 Å². The van der Waals surface area contributed by atoms with Gasteiger partial charge in [0.25, 0.3) is 5.91 Å². The number of nitrogens with zero attached hydrogens (tertiary/aromatic N) is 1. The molecule has 2 fully saturated rings. The molecule has 1 saturated heterocycles. The fraction of sp³-hybridized carbons (Fsp3) is 0.562. The summed E-state index contributed by atoms with van der Waals surface area (Å²) in [6, 6.07) is 3.99. The minimum atomic E-state index is -0.562. The van der Waals surface area contributed by atoms with Gasteiger partial charge < -0.3 is 14.7 Å². The van der Waals surface area contributed by atoms with E-state index >= 15 is 0 Å². The quantitative estimate of drug-likeness (QED) is 0.908. The van der Waals surface area contributed by atoms with E-state index in [-0.39, 0.29) is 29.1 Å². The summed E-state index contributed by atoms with van der Waals surface area (Å²) in [5.41, 5.74) is -0.251. The van der Waals surface area contributed by atoms with Crippen LogP contribution < -0.4 is 0 Å². The first-order valence-corrected chi connectivity index (χ1v) is 7.81. The maximum Gasteiger partial charge on any atom is 0.256 e. The molecule has 1 amide bonds. The third-order valence-electron chi connectivity index (χ3n) is 5.17. The van der Waals surface area contributed by atoms with Crippen molar-refractivity contribution in [2.75, 3.05) is 20.2 Å². The third-order valence-corrected chi connectivity index (χ3v) is 5.40. The standard InChI is InChI=1S/C16H19ClFNO3/c1-22-14-9-13(20)16(14)4-6-19(7-5-16)15(21)11-8-10(17)2-3-12(11)18/h2-3,8,13-14,20H,4-7,9H2,1H3/t13-,14+/m0/s1. The lowest BCUT2D eigenvalue weighted by atomic mass is 9.58. The number of hydrogen-bond acceptors (Lipinski definition) is 3. The van der Waals surface area contributed by atoms with Gasteiger partial charge in [-0.2, -0.15) is 0 Å². The number of carbonyl (C=O) groups is 1. The van der Waals surface area contributed by atoms with Crippen LogP contribution in [-0.2, 0) is 4.74 Å². The number of methoxy groups -OCH3 is 1. The lowest BCUT2D eigenvalue weighted by Crippen LogP contribution is -2.62. The Morgan fingerprint density at radius 3 is 2.73 bits per heavy atom. The van der Waals surface area contributed by atoms with Crippen LogP contribution in [0.3, 0.4) is 0 Å². The Hall–Kier alpha value is -1.17. The molecular formula is C16H19ClFNO3. The Morgan fingerprint density at radius 1 is 1.45 bits per heavy atom. The molecule has 0 unspecified atom stereocenters. The number of rotatable bonds is 2. The largest absolute Gasteiger partial charge is 0.392 e. The molecule has 0 radical (unpaired) electrons. The van der Waals surface area contributed by atoms with E-state index in [1.165, 1.54) is 18.2 Å². The number of carbonyl (C=O) groups excluding carboxylic acids is 1. The predicted molar refractivity (Wildman–Crippen MR) is 80.4 cm³/mol. The first-order chi connectivity index (χ1) is 10.5. The van der Waals surface area contributed by atoms with Crippen molar-refractivity contribution < 1.29 is 19.0 Å². The molecule has 1 aromatic carbocycles. The number of benzene rings is 1. The molecule has 1 aliphatic heterocycles. The van der Waals surface area contributed by atoms with Crippen molar-refractivity contribution in [2.24, 2.45) is 5.41 Å². The van der Waals surface area contributed by atoms with E-state index < -0.39 is 5.82 Å². The molecule has 0 aromatic heterocycles. The average molecular weight is 328 g/mol. The summed E-state index contributed by atoms with van der Waals surface area (Å²) < 4.78 is 19.2. The molecule has 6 heteroatoms. The number of likely N-dealkylation sites (tertiary alicyclic amines) is 1. The van der Waals surface area contributed by atoms with Crippen LogP contribution in [0.2, 0.25) is 5.02 Å². The van der Waals surface area contributed by atoms with Crippen LogP contribution in [0.4, 0.5) is 4.39 Å². The van der Waals surface area contributed by atoms with E-state index in [1.54, 1.807) is 12.0 Å². The van der Waals surface area contributed by atoms with Gasteiger partial charge in [-0.05, 0) is 31.0 Å². The van der Waals surface area contributed by atoms with Crippen LogP contribution in [-0.4, -0.2) is 48.3 Å². The lowest BCUT2D eigenvalue weighted by molar-refractivity contribution is -0.199. The molecule has 1 heterocycles. The molecule has 1 aliphatic carbocycles. The van der Waals surface area contributed by atoms with Crippen LogP contribution in [0.15, 0.2) is 18.2 Å². The Kier molecular flexibility index (Phi) is 4.14. The number of piperidine rings is 1. The molecule has 4 nitrogen and oxygen atoms in total. The Morgan fingerprint density at radius 2 is 2.14 bits per heavy atom. The van der Waals surface area contributed by atoms with Gasteiger partial charge in [-0.15, -0.1) is 0 Å². The van der Waals surface area contributed by atoms with Gasteiger partial charge in [0.15, 0.2) is 0 Å². The van der Waals surface area contributed by atoms with Crippen molar-refractivity contribution >= 4 is 17.5 Å². The maximum absolute atomic E-state index is 13.8. The first kappa shape index (κ1) is 15.7. The van der Waals surface area contributed by atoms with Crippen molar-refractivity contribution in [3.63, 3.8) is 0 Å². The van der Waals surface area contributed by atoms with E-state index in [1.807, 2.05) is 0 Å². The van der Waals surface area contributed by atoms with Gasteiger partial charge in [0.2, 0.25) is 0 Å². The van der Waals surface area contributed by atoms with Gasteiger partial charge in [-0.3, -0.25) is 4.79 Å². The minimum absolute atomic E-state index is 0.000833. The number of halogens is 2. The fourth-order valence-electron chi connectivity index (χ4n) is 3.67. The molecule has 1 spiro atoms. The molecule has 1 aromatic rings. The van der Waals surface area contributed by atoms with Gasteiger partial charge in [-0.1, -0.05) is 11.6 Å². The lowest BCUT2D eigenvalue weighted by Gasteiger charge is -2.56. The number of hydrogen-bond donors (Lipinski definition) is 1. The summed E-state index contributed by atoms with van der Waals surface area (Å²) in [7, 11) is 1.65. The number of ether oxygens (including phenoxy) is 1. The first-order valence-electron chi connectivity index (χ1n) is 7.43. The smallest absolute Gasteiger partial charge is 0.256 e. The minimum Gasteiger partial charge on any atom is -0.392 e. The number of aliphatic hydroxyl groups excluding tert-OH is 1. The highest BCUT2D eigenvalue weighted by molar-refractivity contribution is 6.31. The molecule has 22 heavy (non-hydrogen) atoms. The highest BCUT2D eigenvalue weighted by atomic mass is 35.5. The van der Waals surface area contributed by atoms with Crippen LogP contribution in [0.1, 0.15) is 29.6 Å². The highest BCUT2D eigenvalue weighted by Gasteiger charge is 2.56. The second-order valence-electron chi connectivity index (χ2n) is 6.13. The van der Waals surface area contributed by atoms with Gasteiger partial charge in [-0.25, -0.2) is 4.39 Å². The maximum atomic E-state index is 13.8. The topological polar surface area (TPSA) is 49.8 Å². The molecule has 0 bridgehead atoms. The normalized spacial score (nSPS) is 26.8. The summed E-state index contributed by atoms with van der Waals surface area (Å²) in [5.74, 6) is -0.911. The van der Waals surface area contributed by atoms with E-state index in [9.17, 15) is 14.3 Å². The van der Waals surface area contributed by atoms with Crippen molar-refractivity contribution in [1.29, 1.82) is 0 Å². The van der Waals surface area contributed by atoms with Crippen molar-refractivity contribution in [2.45, 2.75) is 31.5 Å². The zero-order chi connectivity index (χ0) is 15.9. The summed E-state index contributed by atoms with van der Waals surface area (Å²) in [6.45, 7) is 0.976. The van der Waals surface area contributed by atoms with E-state index in [2.05, 4.69) is 0 Å². The summed E-state index contributed by atoms with van der Waals surface area (Å²) in [4.78, 5) is 14.1. The monoisotopic (exact) mass is 327 g/mol. The molecule has 3 rings (SSSR count). The average Bonchev–Trinajstić information content (AvgIpc) is 2.54. The summed E-state index contributed by atoms with van der Waals surface area (Å²) in [6.07, 6.45) is 1.65. The number of amides is 1. The van der Waals surface area contributed by atoms with Crippen molar-refractivity contribution in [3.8, 4) is 0 Å². The van der Waals surface area contributed by atoms with Gasteiger partial charge in [0.05, 0.1) is 17.8 Å². The Balaban J connectivity index is 1.71. The molecule has 2 aliphatic rings. The molecule has 120 valence electrons. The zero-order valence-corrected chi connectivity index (χ0v) is 13.1. The van der Waals surface area contributed by atoms with Gasteiger partial charge >= 0.3 is 0 Å². The van der Waals surface area contributed by atoms with E-state index in [0.29, 0.717) is 37.4 Å². The van der Waals surface area contributed by atoms with E-state index in [4.69, 9.17) is 16.3 Å². The molecule has 2 atom stereocenters. The number of aliphatic hydroxyl groups is 1. The van der Waals surface area contributed by atoms with Gasteiger partial charge in [0, 0.05) is 37.1 Å². The van der Waals surface area contributed by atoms with Crippen LogP contribution >= 0.6 is 11.6 Å². The van der Waals surface area contributed by atoms with Crippen LogP contribution in [0, 0.1) is 11.2 Å². The SMILES string of the molecule is CO[C@@H]1C[C@H](O)C12CCN(C(=O)c1cc(Cl)ccc1F)CC2. The van der Waals surface area contributed by atoms with Gasteiger partial charge in [0.1, 0.15) is 5.82 Å². The zero-order valence-electron chi connectivity index (χ0n) is 12.4. The fourth-order valence-corrected chi connectivity index (χ4v) is 3.84. The summed E-state index contributed by atoms with van der Waals surface area (Å²) >= 11 is 5.85. The second kappa shape index (κ2) is 5.80. The molecular weight excluding hydrogens is 309 g/mol. The molecule has 1 N–H and O–H groups in total. The third kappa shape index (κ3) is 2.41. The second-order valence-corrected chi connectivity index (χ2v) is 6.56. The van der Waals surface area contributed by atoms with Crippen molar-refractivity contribution in [1.82, 2.24) is 4.90 Å². The highest BCUT2D eigenvalue weighted by Crippen LogP contribution is 2.50. The van der Waals surface area contributed by atoms with Crippen LogP contribution in [0.5, 0.6) is 0 Å².